The number of nitro benzene ring substituents is 1. The van der Waals surface area contributed by atoms with Gasteiger partial charge in [0, 0.05) is 17.8 Å². The third kappa shape index (κ3) is 8.43. The number of hydrazone groups is 1. The van der Waals surface area contributed by atoms with Crippen LogP contribution in [0.5, 0.6) is 5.75 Å². The molecule has 0 aliphatic carbocycles. The van der Waals surface area contributed by atoms with E-state index in [1.54, 1.807) is 30.3 Å². The van der Waals surface area contributed by atoms with Gasteiger partial charge < -0.3 is 10.1 Å². The first-order valence-corrected chi connectivity index (χ1v) is 14.0. The van der Waals surface area contributed by atoms with Crippen molar-refractivity contribution < 1.29 is 32.1 Å². The third-order valence-electron chi connectivity index (χ3n) is 5.73. The van der Waals surface area contributed by atoms with Crippen molar-refractivity contribution in [3.05, 3.63) is 125 Å². The number of ether oxygens (including phenoxy) is 1. The molecule has 0 saturated carbocycles. The van der Waals surface area contributed by atoms with E-state index in [-0.39, 0.29) is 22.9 Å². The minimum atomic E-state index is -4.26. The number of benzene rings is 4. The van der Waals surface area contributed by atoms with Crippen LogP contribution in [0.4, 0.5) is 21.5 Å². The zero-order valence-electron chi connectivity index (χ0n) is 22.3. The molecule has 12 nitrogen and oxygen atoms in total. The maximum absolute atomic E-state index is 13.4. The monoisotopic (exact) mass is 605 g/mol. The summed E-state index contributed by atoms with van der Waals surface area (Å²) in [6, 6.07) is 24.0. The number of hydrogen-bond acceptors (Lipinski definition) is 8. The van der Waals surface area contributed by atoms with E-state index < -0.39 is 39.1 Å². The summed E-state index contributed by atoms with van der Waals surface area (Å²) in [5, 5.41) is 17.7. The summed E-state index contributed by atoms with van der Waals surface area (Å²) < 4.78 is 45.9. The van der Waals surface area contributed by atoms with Gasteiger partial charge in [-0.1, -0.05) is 24.3 Å². The van der Waals surface area contributed by atoms with E-state index in [1.165, 1.54) is 72.9 Å². The van der Waals surface area contributed by atoms with E-state index in [0.29, 0.717) is 17.0 Å². The number of anilines is 2. The van der Waals surface area contributed by atoms with Gasteiger partial charge in [0.05, 0.1) is 21.7 Å². The average Bonchev–Trinajstić information content (AvgIpc) is 3.01. The molecule has 43 heavy (non-hydrogen) atoms. The molecule has 0 aliphatic heterocycles. The van der Waals surface area contributed by atoms with Gasteiger partial charge in [-0.2, -0.15) is 5.10 Å². The largest absolute Gasteiger partial charge is 0.484 e. The summed E-state index contributed by atoms with van der Waals surface area (Å²) in [4.78, 5) is 35.3. The van der Waals surface area contributed by atoms with E-state index in [2.05, 4.69) is 15.8 Å². The van der Waals surface area contributed by atoms with Gasteiger partial charge >= 0.3 is 0 Å². The van der Waals surface area contributed by atoms with Crippen LogP contribution in [0.2, 0.25) is 0 Å². The highest BCUT2D eigenvalue weighted by Gasteiger charge is 2.28. The topological polar surface area (TPSA) is 160 Å². The Kier molecular flexibility index (Phi) is 9.75. The van der Waals surface area contributed by atoms with Crippen molar-refractivity contribution in [1.29, 1.82) is 0 Å². The van der Waals surface area contributed by atoms with E-state index in [0.717, 1.165) is 10.4 Å². The molecule has 0 fully saturated rings. The van der Waals surface area contributed by atoms with Crippen LogP contribution in [0, 0.1) is 15.9 Å². The van der Waals surface area contributed by atoms with E-state index in [1.807, 2.05) is 0 Å². The van der Waals surface area contributed by atoms with Crippen molar-refractivity contribution in [2.75, 3.05) is 22.8 Å². The summed E-state index contributed by atoms with van der Waals surface area (Å²) in [5.41, 5.74) is 2.82. The highest BCUT2D eigenvalue weighted by Crippen LogP contribution is 2.26. The molecular formula is C29H24FN5O7S. The molecule has 0 radical (unpaired) electrons. The van der Waals surface area contributed by atoms with Crippen LogP contribution in [0.15, 0.2) is 113 Å². The van der Waals surface area contributed by atoms with Crippen LogP contribution in [-0.4, -0.2) is 44.5 Å². The summed E-state index contributed by atoms with van der Waals surface area (Å²) in [6.45, 7) is -0.990. The molecule has 4 rings (SSSR count). The zero-order valence-corrected chi connectivity index (χ0v) is 23.1. The predicted molar refractivity (Wildman–Crippen MR) is 157 cm³/mol. The Morgan fingerprint density at radius 3 is 2.30 bits per heavy atom. The second kappa shape index (κ2) is 13.8. The summed E-state index contributed by atoms with van der Waals surface area (Å²) in [5.74, 6) is -1.27. The fourth-order valence-corrected chi connectivity index (χ4v) is 5.10. The van der Waals surface area contributed by atoms with Gasteiger partial charge in [0.15, 0.2) is 6.61 Å². The van der Waals surface area contributed by atoms with Crippen molar-refractivity contribution in [3.8, 4) is 5.75 Å². The lowest BCUT2D eigenvalue weighted by Gasteiger charge is -2.23. The fraction of sp³-hybridized carbons (Fsp3) is 0.0690. The highest BCUT2D eigenvalue weighted by molar-refractivity contribution is 7.92. The number of hydrogen-bond donors (Lipinski definition) is 2. The van der Waals surface area contributed by atoms with Gasteiger partial charge in [0.1, 0.15) is 18.1 Å². The maximum Gasteiger partial charge on any atom is 0.271 e. The van der Waals surface area contributed by atoms with Gasteiger partial charge in [-0.25, -0.2) is 18.2 Å². The van der Waals surface area contributed by atoms with E-state index >= 15 is 0 Å². The first-order chi connectivity index (χ1) is 20.6. The molecule has 0 bridgehead atoms. The number of nitro groups is 1. The number of carbonyl (C=O) groups excluding carboxylic acids is 2. The van der Waals surface area contributed by atoms with Crippen molar-refractivity contribution in [1.82, 2.24) is 5.43 Å². The molecule has 2 N–H and O–H groups in total. The third-order valence-corrected chi connectivity index (χ3v) is 7.52. The highest BCUT2D eigenvalue weighted by atomic mass is 32.2. The second-order valence-electron chi connectivity index (χ2n) is 8.81. The van der Waals surface area contributed by atoms with Crippen LogP contribution in [0.3, 0.4) is 0 Å². The number of non-ortho nitro benzene ring substituents is 1. The first-order valence-electron chi connectivity index (χ1n) is 12.5. The van der Waals surface area contributed by atoms with E-state index in [4.69, 9.17) is 4.74 Å². The summed E-state index contributed by atoms with van der Waals surface area (Å²) in [6.07, 6.45) is 1.31. The molecule has 4 aromatic carbocycles. The Morgan fingerprint density at radius 1 is 0.930 bits per heavy atom. The quantitative estimate of drug-likeness (QED) is 0.140. The molecule has 0 saturated heterocycles. The molecule has 0 unspecified atom stereocenters. The lowest BCUT2D eigenvalue weighted by Crippen LogP contribution is -2.39. The van der Waals surface area contributed by atoms with Crippen LogP contribution in [0.25, 0.3) is 0 Å². The SMILES string of the molecule is O=C(CN(c1cccc([N+](=O)[O-])c1)S(=O)(=O)c1ccccc1)N/N=C\c1ccc(OCC(=O)Nc2ccc(F)cc2)cc1. The smallest absolute Gasteiger partial charge is 0.271 e. The molecule has 220 valence electrons. The molecule has 4 aromatic rings. The van der Waals surface area contributed by atoms with Crippen molar-refractivity contribution in [3.63, 3.8) is 0 Å². The number of carbonyl (C=O) groups is 2. The Morgan fingerprint density at radius 2 is 1.63 bits per heavy atom. The van der Waals surface area contributed by atoms with Crippen LogP contribution in [0.1, 0.15) is 5.56 Å². The lowest BCUT2D eigenvalue weighted by atomic mass is 10.2. The number of rotatable bonds is 12. The number of amides is 2. The Labute approximate surface area is 245 Å². The first kappa shape index (κ1) is 30.3. The normalized spacial score (nSPS) is 11.1. The van der Waals surface area contributed by atoms with Crippen molar-refractivity contribution in [2.24, 2.45) is 5.10 Å². The molecule has 0 aliphatic rings. The molecule has 0 heterocycles. The maximum atomic E-state index is 13.4. The second-order valence-corrected chi connectivity index (χ2v) is 10.7. The number of nitrogens with one attached hydrogen (secondary N) is 2. The number of halogens is 1. The van der Waals surface area contributed by atoms with Gasteiger partial charge in [-0.3, -0.25) is 24.0 Å². The fourth-order valence-electron chi connectivity index (χ4n) is 3.67. The van der Waals surface area contributed by atoms with Crippen molar-refractivity contribution in [2.45, 2.75) is 4.90 Å². The molecule has 14 heteroatoms. The minimum Gasteiger partial charge on any atom is -0.484 e. The summed E-state index contributed by atoms with van der Waals surface area (Å²) >= 11 is 0. The summed E-state index contributed by atoms with van der Waals surface area (Å²) in [7, 11) is -4.26. The van der Waals surface area contributed by atoms with Gasteiger partial charge in [0.25, 0.3) is 27.5 Å². The van der Waals surface area contributed by atoms with Crippen LogP contribution < -0.4 is 19.8 Å². The Bertz CT molecular complexity index is 1730. The molecule has 0 spiro atoms. The molecule has 0 aromatic heterocycles. The Balaban J connectivity index is 1.37. The van der Waals surface area contributed by atoms with Crippen LogP contribution in [-0.2, 0) is 19.6 Å². The molecular weight excluding hydrogens is 581 g/mol. The van der Waals surface area contributed by atoms with E-state index in [9.17, 15) is 32.5 Å². The van der Waals surface area contributed by atoms with Crippen molar-refractivity contribution >= 4 is 45.1 Å². The molecule has 0 atom stereocenters. The van der Waals surface area contributed by atoms with Gasteiger partial charge in [-0.15, -0.1) is 0 Å². The minimum absolute atomic E-state index is 0.0703. The van der Waals surface area contributed by atoms with Gasteiger partial charge in [-0.05, 0) is 72.3 Å². The lowest BCUT2D eigenvalue weighted by molar-refractivity contribution is -0.384. The van der Waals surface area contributed by atoms with Gasteiger partial charge in [0.2, 0.25) is 0 Å². The standard InChI is InChI=1S/C29H24FN5O7S/c30-22-11-13-23(14-12-22)32-29(37)20-42-26-15-9-21(10-16-26)18-31-33-28(36)19-34(24-5-4-6-25(17-24)35(38)39)43(40,41)27-7-2-1-3-8-27/h1-18H,19-20H2,(H,32,37)(H,33,36)/b31-18-. The average molecular weight is 606 g/mol. The number of nitrogens with zero attached hydrogens (tertiary/aromatic N) is 3. The number of sulfonamides is 1. The zero-order chi connectivity index (χ0) is 30.8. The predicted octanol–water partition coefficient (Wildman–Crippen LogP) is 4.10. The Hall–Kier alpha value is -5.63. The van der Waals surface area contributed by atoms with Crippen LogP contribution >= 0.6 is 0 Å². The molecule has 2 amide bonds.